The van der Waals surface area contributed by atoms with Gasteiger partial charge >= 0.3 is 0 Å². The molecule has 2 N–H and O–H groups in total. The monoisotopic (exact) mass is 288 g/mol. The molecule has 2 fully saturated rings. The number of allylic oxidation sites excluding steroid dienone is 3. The Kier molecular flexibility index (Phi) is 2.97. The Morgan fingerprint density at radius 2 is 1.81 bits per heavy atom. The average Bonchev–Trinajstić information content (AvgIpc) is 2.76. The van der Waals surface area contributed by atoms with Gasteiger partial charge in [-0.3, -0.25) is 0 Å². The second kappa shape index (κ2) is 4.45. The zero-order valence-electron chi connectivity index (χ0n) is 13.3. The molecule has 0 saturated heterocycles. The van der Waals surface area contributed by atoms with Gasteiger partial charge in [-0.15, -0.1) is 0 Å². The highest BCUT2D eigenvalue weighted by molar-refractivity contribution is 5.36. The molecule has 2 saturated carbocycles. The third-order valence-corrected chi connectivity index (χ3v) is 7.59. The molecular weight excluding hydrogens is 260 g/mol. The van der Waals surface area contributed by atoms with Crippen LogP contribution in [0.5, 0.6) is 0 Å². The fourth-order valence-corrected chi connectivity index (χ4v) is 6.11. The fourth-order valence-electron chi connectivity index (χ4n) is 6.11. The van der Waals surface area contributed by atoms with Crippen LogP contribution < -0.4 is 0 Å². The van der Waals surface area contributed by atoms with Crippen molar-refractivity contribution in [3.8, 4) is 0 Å². The van der Waals surface area contributed by atoms with Crippen LogP contribution >= 0.6 is 0 Å². The van der Waals surface area contributed by atoms with Crippen molar-refractivity contribution >= 4 is 0 Å². The summed E-state index contributed by atoms with van der Waals surface area (Å²) in [4.78, 5) is 0. The van der Waals surface area contributed by atoms with E-state index in [1.54, 1.807) is 0 Å². The highest BCUT2D eigenvalue weighted by atomic mass is 16.3. The SMILES string of the molecule is C[C@]12CC[C@H]3[C@@H](C=CC4=C[C@H](O)CC[C@@]43C)[C@@H]1CC[C@@H]2O. The summed E-state index contributed by atoms with van der Waals surface area (Å²) in [6, 6.07) is 0. The minimum absolute atomic E-state index is 0.102. The summed E-state index contributed by atoms with van der Waals surface area (Å²) in [5.74, 6) is 1.97. The van der Waals surface area contributed by atoms with Crippen molar-refractivity contribution in [2.45, 2.75) is 64.6 Å². The second-order valence-electron chi connectivity index (χ2n) is 8.43. The number of aliphatic hydroxyl groups excluding tert-OH is 2. The Labute approximate surface area is 127 Å². The molecule has 2 nitrogen and oxygen atoms in total. The van der Waals surface area contributed by atoms with E-state index < -0.39 is 0 Å². The predicted molar refractivity (Wildman–Crippen MR) is 83.6 cm³/mol. The van der Waals surface area contributed by atoms with Crippen molar-refractivity contribution in [1.29, 1.82) is 0 Å². The molecule has 0 aromatic carbocycles. The van der Waals surface area contributed by atoms with Crippen LogP contribution in [-0.4, -0.2) is 22.4 Å². The number of rotatable bonds is 0. The lowest BCUT2D eigenvalue weighted by atomic mass is 9.49. The lowest BCUT2D eigenvalue weighted by molar-refractivity contribution is -0.0496. The van der Waals surface area contributed by atoms with Gasteiger partial charge in [-0.1, -0.05) is 32.1 Å². The third-order valence-electron chi connectivity index (χ3n) is 7.59. The van der Waals surface area contributed by atoms with Crippen molar-refractivity contribution in [1.82, 2.24) is 0 Å². The quantitative estimate of drug-likeness (QED) is 0.717. The van der Waals surface area contributed by atoms with Gasteiger partial charge in [-0.25, -0.2) is 0 Å². The normalized spacial score (nSPS) is 55.4. The first-order valence-corrected chi connectivity index (χ1v) is 8.72. The van der Waals surface area contributed by atoms with Crippen molar-refractivity contribution in [3.63, 3.8) is 0 Å². The van der Waals surface area contributed by atoms with Crippen LogP contribution in [0, 0.1) is 28.6 Å². The maximum atomic E-state index is 10.4. The Morgan fingerprint density at radius 3 is 2.62 bits per heavy atom. The molecule has 21 heavy (non-hydrogen) atoms. The van der Waals surface area contributed by atoms with E-state index in [2.05, 4.69) is 32.1 Å². The van der Waals surface area contributed by atoms with Crippen molar-refractivity contribution in [2.24, 2.45) is 28.6 Å². The van der Waals surface area contributed by atoms with Gasteiger partial charge in [0.05, 0.1) is 12.2 Å². The van der Waals surface area contributed by atoms with E-state index in [1.807, 2.05) is 0 Å². The van der Waals surface area contributed by atoms with Gasteiger partial charge < -0.3 is 10.2 Å². The Morgan fingerprint density at radius 1 is 1.00 bits per heavy atom. The molecule has 0 spiro atoms. The molecule has 0 bridgehead atoms. The topological polar surface area (TPSA) is 40.5 Å². The van der Waals surface area contributed by atoms with Crippen LogP contribution in [0.15, 0.2) is 23.8 Å². The van der Waals surface area contributed by atoms with Gasteiger partial charge in [0, 0.05) is 0 Å². The number of hydrogen-bond acceptors (Lipinski definition) is 2. The zero-order chi connectivity index (χ0) is 14.8. The first-order chi connectivity index (χ1) is 9.95. The van der Waals surface area contributed by atoms with Gasteiger partial charge in [0.15, 0.2) is 0 Å². The Balaban J connectivity index is 1.73. The molecule has 4 aliphatic rings. The highest BCUT2D eigenvalue weighted by Gasteiger charge is 2.57. The summed E-state index contributed by atoms with van der Waals surface area (Å²) in [5.41, 5.74) is 1.75. The lowest BCUT2D eigenvalue weighted by Crippen LogP contribution is -2.49. The summed E-state index contributed by atoms with van der Waals surface area (Å²) in [6.45, 7) is 4.73. The molecule has 0 amide bonds. The fraction of sp³-hybridized carbons (Fsp3) is 0.789. The van der Waals surface area contributed by atoms with E-state index in [1.165, 1.54) is 24.8 Å². The number of hydrogen-bond donors (Lipinski definition) is 2. The number of aliphatic hydroxyl groups is 2. The molecule has 4 aliphatic carbocycles. The summed E-state index contributed by atoms with van der Waals surface area (Å²) in [5, 5.41) is 20.4. The van der Waals surface area contributed by atoms with Gasteiger partial charge in [-0.05, 0) is 72.7 Å². The zero-order valence-corrected chi connectivity index (χ0v) is 13.3. The summed E-state index contributed by atoms with van der Waals surface area (Å²) in [7, 11) is 0. The van der Waals surface area contributed by atoms with Crippen molar-refractivity contribution in [2.75, 3.05) is 0 Å². The minimum Gasteiger partial charge on any atom is -0.393 e. The molecule has 0 unspecified atom stereocenters. The predicted octanol–water partition coefficient (Wildman–Crippen LogP) is 3.45. The standard InChI is InChI=1S/C19H28O2/c1-18-9-7-13(20)11-12(18)3-4-14-15-5-6-17(21)19(15,2)10-8-16(14)18/h3-4,11,13-17,20-21H,5-10H2,1-2H3/t13-,14+,15+,16+,17+,18+,19+/m1/s1. The third kappa shape index (κ3) is 1.78. The van der Waals surface area contributed by atoms with Crippen LogP contribution in [0.3, 0.4) is 0 Å². The Hall–Kier alpha value is -0.600. The average molecular weight is 288 g/mol. The molecule has 4 rings (SSSR count). The minimum atomic E-state index is -0.253. The molecular formula is C19H28O2. The van der Waals surface area contributed by atoms with Crippen molar-refractivity contribution in [3.05, 3.63) is 23.8 Å². The van der Waals surface area contributed by atoms with E-state index in [0.717, 1.165) is 19.3 Å². The van der Waals surface area contributed by atoms with Crippen LogP contribution in [0.25, 0.3) is 0 Å². The molecule has 0 heterocycles. The first kappa shape index (κ1) is 14.0. The maximum absolute atomic E-state index is 10.4. The van der Waals surface area contributed by atoms with Crippen LogP contribution in [-0.2, 0) is 0 Å². The smallest absolute Gasteiger partial charge is 0.0727 e. The van der Waals surface area contributed by atoms with E-state index in [0.29, 0.717) is 17.8 Å². The van der Waals surface area contributed by atoms with E-state index in [9.17, 15) is 10.2 Å². The number of fused-ring (bicyclic) bond motifs is 5. The summed E-state index contributed by atoms with van der Waals surface area (Å²) >= 11 is 0. The molecule has 0 radical (unpaired) electrons. The van der Waals surface area contributed by atoms with Gasteiger partial charge in [-0.2, -0.15) is 0 Å². The summed E-state index contributed by atoms with van der Waals surface area (Å²) in [6.07, 6.45) is 13.0. The van der Waals surface area contributed by atoms with Crippen LogP contribution in [0.2, 0.25) is 0 Å². The molecule has 2 heteroatoms. The Bertz CT molecular complexity index is 508. The van der Waals surface area contributed by atoms with E-state index >= 15 is 0 Å². The molecule has 0 aromatic rings. The van der Waals surface area contributed by atoms with Gasteiger partial charge in [0.25, 0.3) is 0 Å². The van der Waals surface area contributed by atoms with Gasteiger partial charge in [0.2, 0.25) is 0 Å². The van der Waals surface area contributed by atoms with Gasteiger partial charge in [0.1, 0.15) is 0 Å². The van der Waals surface area contributed by atoms with Crippen LogP contribution in [0.1, 0.15) is 52.4 Å². The van der Waals surface area contributed by atoms with E-state index in [4.69, 9.17) is 0 Å². The lowest BCUT2D eigenvalue weighted by Gasteiger charge is -2.55. The summed E-state index contributed by atoms with van der Waals surface area (Å²) < 4.78 is 0. The second-order valence-corrected chi connectivity index (χ2v) is 8.43. The molecule has 0 aromatic heterocycles. The molecule has 7 atom stereocenters. The van der Waals surface area contributed by atoms with Crippen molar-refractivity contribution < 1.29 is 10.2 Å². The molecule has 116 valence electrons. The van der Waals surface area contributed by atoms with E-state index in [-0.39, 0.29) is 23.0 Å². The largest absolute Gasteiger partial charge is 0.393 e. The first-order valence-electron chi connectivity index (χ1n) is 8.72. The maximum Gasteiger partial charge on any atom is 0.0727 e. The highest BCUT2D eigenvalue weighted by Crippen LogP contribution is 2.63. The van der Waals surface area contributed by atoms with Crippen LogP contribution in [0.4, 0.5) is 0 Å². The molecule has 0 aliphatic heterocycles.